The van der Waals surface area contributed by atoms with Crippen LogP contribution in [0.15, 0.2) is 41.5 Å². The standard InChI is InChI=1S/C15H12Cl2N2O3/c16-10-6-13(17)12(14(21)7-10)8-18-19-15(22)5-9-2-1-3-11(20)4-9/h1-4,6-8,20-21H,5H2,(H,19,22)/b18-8+. The lowest BCUT2D eigenvalue weighted by atomic mass is 10.1. The molecule has 0 saturated heterocycles. The van der Waals surface area contributed by atoms with Crippen LogP contribution in [0.4, 0.5) is 0 Å². The first kappa shape index (κ1) is 16.1. The van der Waals surface area contributed by atoms with Gasteiger partial charge in [0, 0.05) is 5.02 Å². The van der Waals surface area contributed by atoms with Crippen LogP contribution in [-0.4, -0.2) is 22.3 Å². The minimum absolute atomic E-state index is 0.0616. The lowest BCUT2D eigenvalue weighted by molar-refractivity contribution is -0.120. The number of aromatic hydroxyl groups is 2. The third-order valence-corrected chi connectivity index (χ3v) is 3.26. The molecule has 0 heterocycles. The molecule has 114 valence electrons. The number of carbonyl (C=O) groups excluding carboxylic acids is 1. The molecular weight excluding hydrogens is 327 g/mol. The summed E-state index contributed by atoms with van der Waals surface area (Å²) in [5.41, 5.74) is 3.22. The number of rotatable bonds is 4. The average molecular weight is 339 g/mol. The molecule has 2 aromatic rings. The molecule has 0 unspecified atom stereocenters. The number of phenolic OH excluding ortho intramolecular Hbond substituents is 2. The summed E-state index contributed by atoms with van der Waals surface area (Å²) in [4.78, 5) is 11.7. The van der Waals surface area contributed by atoms with Crippen molar-refractivity contribution in [1.82, 2.24) is 5.43 Å². The van der Waals surface area contributed by atoms with Crippen molar-refractivity contribution in [2.45, 2.75) is 6.42 Å². The summed E-state index contributed by atoms with van der Waals surface area (Å²) < 4.78 is 0. The molecule has 1 amide bonds. The van der Waals surface area contributed by atoms with Crippen LogP contribution in [0.3, 0.4) is 0 Å². The smallest absolute Gasteiger partial charge is 0.244 e. The third-order valence-electron chi connectivity index (χ3n) is 2.73. The zero-order valence-electron chi connectivity index (χ0n) is 11.3. The van der Waals surface area contributed by atoms with E-state index >= 15 is 0 Å². The molecule has 2 aromatic carbocycles. The van der Waals surface area contributed by atoms with Gasteiger partial charge in [0.05, 0.1) is 23.2 Å². The van der Waals surface area contributed by atoms with E-state index in [1.807, 2.05) is 0 Å². The van der Waals surface area contributed by atoms with E-state index in [1.54, 1.807) is 12.1 Å². The Kier molecular flexibility index (Phi) is 5.25. The average Bonchev–Trinajstić information content (AvgIpc) is 2.41. The molecule has 5 nitrogen and oxygen atoms in total. The number of nitrogens with one attached hydrogen (secondary N) is 1. The zero-order chi connectivity index (χ0) is 16.1. The highest BCUT2D eigenvalue weighted by Gasteiger charge is 2.07. The highest BCUT2D eigenvalue weighted by molar-refractivity contribution is 6.36. The molecule has 0 fully saturated rings. The van der Waals surface area contributed by atoms with Gasteiger partial charge in [-0.3, -0.25) is 4.79 Å². The van der Waals surface area contributed by atoms with Crippen molar-refractivity contribution in [2.75, 3.05) is 0 Å². The highest BCUT2D eigenvalue weighted by atomic mass is 35.5. The molecule has 0 saturated carbocycles. The largest absolute Gasteiger partial charge is 0.508 e. The Labute approximate surface area is 136 Å². The van der Waals surface area contributed by atoms with Gasteiger partial charge in [-0.05, 0) is 29.8 Å². The molecule has 0 spiro atoms. The molecule has 0 aliphatic heterocycles. The molecule has 0 atom stereocenters. The predicted octanol–water partition coefficient (Wildman–Crippen LogP) is 3.10. The summed E-state index contributed by atoms with van der Waals surface area (Å²) in [6, 6.07) is 9.15. The van der Waals surface area contributed by atoms with Gasteiger partial charge in [-0.25, -0.2) is 5.43 Å². The predicted molar refractivity (Wildman–Crippen MR) is 85.7 cm³/mol. The number of nitrogens with zero attached hydrogens (tertiary/aromatic N) is 1. The second kappa shape index (κ2) is 7.15. The summed E-state index contributed by atoms with van der Waals surface area (Å²) in [6.07, 6.45) is 1.29. The maximum atomic E-state index is 11.7. The Morgan fingerprint density at radius 3 is 2.68 bits per heavy atom. The molecule has 0 bridgehead atoms. The van der Waals surface area contributed by atoms with E-state index in [4.69, 9.17) is 23.2 Å². The van der Waals surface area contributed by atoms with E-state index in [9.17, 15) is 15.0 Å². The molecule has 0 aliphatic rings. The van der Waals surface area contributed by atoms with Crippen LogP contribution in [0.5, 0.6) is 11.5 Å². The molecule has 3 N–H and O–H groups in total. The number of hydrazone groups is 1. The van der Waals surface area contributed by atoms with Crippen LogP contribution in [0.2, 0.25) is 10.0 Å². The molecule has 2 rings (SSSR count). The van der Waals surface area contributed by atoms with Crippen molar-refractivity contribution in [3.8, 4) is 11.5 Å². The normalized spacial score (nSPS) is 10.8. The molecule has 7 heteroatoms. The van der Waals surface area contributed by atoms with Crippen LogP contribution in [0.25, 0.3) is 0 Å². The summed E-state index contributed by atoms with van der Waals surface area (Å²) in [6.45, 7) is 0. The second-order valence-electron chi connectivity index (χ2n) is 4.46. The first-order chi connectivity index (χ1) is 10.5. The number of carbonyl (C=O) groups is 1. The van der Waals surface area contributed by atoms with Crippen LogP contribution in [0, 0.1) is 0 Å². The van der Waals surface area contributed by atoms with Gasteiger partial charge in [0.15, 0.2) is 0 Å². The van der Waals surface area contributed by atoms with Gasteiger partial charge in [0.25, 0.3) is 0 Å². The second-order valence-corrected chi connectivity index (χ2v) is 5.30. The first-order valence-corrected chi connectivity index (χ1v) is 6.99. The lowest BCUT2D eigenvalue weighted by Gasteiger charge is -2.03. The van der Waals surface area contributed by atoms with Crippen LogP contribution < -0.4 is 5.43 Å². The van der Waals surface area contributed by atoms with Crippen molar-refractivity contribution in [3.05, 3.63) is 57.6 Å². The molecular formula is C15H12Cl2N2O3. The van der Waals surface area contributed by atoms with Crippen molar-refractivity contribution in [1.29, 1.82) is 0 Å². The Morgan fingerprint density at radius 2 is 2.00 bits per heavy atom. The van der Waals surface area contributed by atoms with Crippen molar-refractivity contribution >= 4 is 35.3 Å². The lowest BCUT2D eigenvalue weighted by Crippen LogP contribution is -2.19. The van der Waals surface area contributed by atoms with E-state index in [0.29, 0.717) is 10.6 Å². The van der Waals surface area contributed by atoms with Gasteiger partial charge in [0.1, 0.15) is 11.5 Å². The van der Waals surface area contributed by atoms with Gasteiger partial charge in [-0.15, -0.1) is 0 Å². The summed E-state index contributed by atoms with van der Waals surface area (Å²) in [5, 5.41) is 23.3. The highest BCUT2D eigenvalue weighted by Crippen LogP contribution is 2.28. The fraction of sp³-hybridized carbons (Fsp3) is 0.0667. The van der Waals surface area contributed by atoms with Gasteiger partial charge in [-0.2, -0.15) is 5.10 Å². The summed E-state index contributed by atoms with van der Waals surface area (Å²) in [7, 11) is 0. The van der Waals surface area contributed by atoms with Crippen LogP contribution in [0.1, 0.15) is 11.1 Å². The zero-order valence-corrected chi connectivity index (χ0v) is 12.8. The first-order valence-electron chi connectivity index (χ1n) is 6.23. The fourth-order valence-corrected chi connectivity index (χ4v) is 2.29. The fourth-order valence-electron chi connectivity index (χ4n) is 1.76. The maximum Gasteiger partial charge on any atom is 0.244 e. The third kappa shape index (κ3) is 4.38. The number of amides is 1. The van der Waals surface area contributed by atoms with Gasteiger partial charge in [0.2, 0.25) is 5.91 Å². The maximum absolute atomic E-state index is 11.7. The molecule has 0 aromatic heterocycles. The van der Waals surface area contributed by atoms with E-state index in [1.165, 1.54) is 30.5 Å². The number of hydrogen-bond acceptors (Lipinski definition) is 4. The minimum atomic E-state index is -0.369. The van der Waals surface area contributed by atoms with Crippen LogP contribution >= 0.6 is 23.2 Å². The monoisotopic (exact) mass is 338 g/mol. The Morgan fingerprint density at radius 1 is 1.23 bits per heavy atom. The molecule has 0 aliphatic carbocycles. The number of phenols is 2. The molecule has 22 heavy (non-hydrogen) atoms. The number of hydrogen-bond donors (Lipinski definition) is 3. The summed E-state index contributed by atoms with van der Waals surface area (Å²) in [5.74, 6) is -0.415. The minimum Gasteiger partial charge on any atom is -0.508 e. The number of benzene rings is 2. The van der Waals surface area contributed by atoms with Crippen molar-refractivity contribution in [2.24, 2.45) is 5.10 Å². The van der Waals surface area contributed by atoms with Crippen molar-refractivity contribution in [3.63, 3.8) is 0 Å². The van der Waals surface area contributed by atoms with Crippen molar-refractivity contribution < 1.29 is 15.0 Å². The Bertz CT molecular complexity index is 709. The van der Waals surface area contributed by atoms with Gasteiger partial charge >= 0.3 is 0 Å². The summed E-state index contributed by atoms with van der Waals surface area (Å²) >= 11 is 11.7. The number of halogens is 2. The quantitative estimate of drug-likeness (QED) is 0.591. The van der Waals surface area contributed by atoms with E-state index in [0.717, 1.165) is 0 Å². The SMILES string of the molecule is O=C(Cc1cccc(O)c1)N/N=C/c1c(O)cc(Cl)cc1Cl. The van der Waals surface area contributed by atoms with Crippen LogP contribution in [-0.2, 0) is 11.2 Å². The van der Waals surface area contributed by atoms with E-state index in [2.05, 4.69) is 10.5 Å². The van der Waals surface area contributed by atoms with E-state index < -0.39 is 0 Å². The molecule has 0 radical (unpaired) electrons. The Balaban J connectivity index is 1.99. The van der Waals surface area contributed by atoms with Gasteiger partial charge in [-0.1, -0.05) is 35.3 Å². The van der Waals surface area contributed by atoms with E-state index in [-0.39, 0.29) is 34.4 Å². The topological polar surface area (TPSA) is 81.9 Å². The Hall–Kier alpha value is -2.24. The van der Waals surface area contributed by atoms with Gasteiger partial charge < -0.3 is 10.2 Å².